The highest BCUT2D eigenvalue weighted by Crippen LogP contribution is 2.27. The summed E-state index contributed by atoms with van der Waals surface area (Å²) in [6.45, 7) is 7.45. The summed E-state index contributed by atoms with van der Waals surface area (Å²) in [6, 6.07) is 6.57. The average Bonchev–Trinajstić information content (AvgIpc) is 2.55. The maximum absolute atomic E-state index is 9.01. The van der Waals surface area contributed by atoms with Crippen LogP contribution in [0.1, 0.15) is 38.2 Å². The molecule has 0 spiro atoms. The van der Waals surface area contributed by atoms with Crippen molar-refractivity contribution in [3.05, 3.63) is 23.8 Å². The summed E-state index contributed by atoms with van der Waals surface area (Å²) in [4.78, 5) is 4.70. The van der Waals surface area contributed by atoms with Crippen molar-refractivity contribution < 1.29 is 5.11 Å². The molecule has 0 radical (unpaired) electrons. The lowest BCUT2D eigenvalue weighted by Crippen LogP contribution is -2.30. The van der Waals surface area contributed by atoms with Crippen molar-refractivity contribution >= 4 is 11.4 Å². The van der Waals surface area contributed by atoms with E-state index in [1.54, 1.807) is 0 Å². The summed E-state index contributed by atoms with van der Waals surface area (Å²) in [6.07, 6.45) is 6.05. The number of nitrogen functional groups attached to an aromatic ring is 1. The molecule has 0 unspecified atom stereocenters. The van der Waals surface area contributed by atoms with E-state index in [1.807, 2.05) is 0 Å². The lowest BCUT2D eigenvalue weighted by atomic mass is 10.1. The number of hydrogen-bond acceptors (Lipinski definition) is 4. The summed E-state index contributed by atoms with van der Waals surface area (Å²) in [7, 11) is 0. The molecule has 4 nitrogen and oxygen atoms in total. The SMILES string of the molecule is CCN(CCO)CCCc1ccc(N2CCCCC2)c(N)c1. The zero-order valence-electron chi connectivity index (χ0n) is 13.9. The van der Waals surface area contributed by atoms with Crippen LogP contribution >= 0.6 is 0 Å². The van der Waals surface area contributed by atoms with Crippen LogP contribution in [0.5, 0.6) is 0 Å². The minimum atomic E-state index is 0.241. The van der Waals surface area contributed by atoms with Crippen molar-refractivity contribution in [2.75, 3.05) is 50.0 Å². The lowest BCUT2D eigenvalue weighted by Gasteiger charge is -2.30. The smallest absolute Gasteiger partial charge is 0.0600 e. The van der Waals surface area contributed by atoms with E-state index >= 15 is 0 Å². The fourth-order valence-electron chi connectivity index (χ4n) is 3.26. The molecule has 1 aromatic rings. The first-order chi connectivity index (χ1) is 10.7. The highest BCUT2D eigenvalue weighted by atomic mass is 16.3. The zero-order valence-corrected chi connectivity index (χ0v) is 13.9. The molecule has 1 fully saturated rings. The van der Waals surface area contributed by atoms with Crippen LogP contribution in [0, 0.1) is 0 Å². The Bertz CT molecular complexity index is 444. The monoisotopic (exact) mass is 305 g/mol. The van der Waals surface area contributed by atoms with E-state index in [0.29, 0.717) is 0 Å². The van der Waals surface area contributed by atoms with Crippen LogP contribution < -0.4 is 10.6 Å². The minimum absolute atomic E-state index is 0.241. The van der Waals surface area contributed by atoms with E-state index in [0.717, 1.165) is 51.3 Å². The largest absolute Gasteiger partial charge is 0.397 e. The number of hydrogen-bond donors (Lipinski definition) is 2. The lowest BCUT2D eigenvalue weighted by molar-refractivity contribution is 0.200. The summed E-state index contributed by atoms with van der Waals surface area (Å²) in [5.41, 5.74) is 9.72. The first-order valence-electron chi connectivity index (χ1n) is 8.71. The normalized spacial score (nSPS) is 15.5. The van der Waals surface area contributed by atoms with Gasteiger partial charge in [0.05, 0.1) is 18.0 Å². The number of aryl methyl sites for hydroxylation is 1. The van der Waals surface area contributed by atoms with Gasteiger partial charge in [-0.2, -0.15) is 0 Å². The van der Waals surface area contributed by atoms with E-state index in [2.05, 4.69) is 34.9 Å². The Balaban J connectivity index is 1.86. The molecule has 124 valence electrons. The second-order valence-electron chi connectivity index (χ2n) is 6.20. The Morgan fingerprint density at radius 2 is 1.95 bits per heavy atom. The summed E-state index contributed by atoms with van der Waals surface area (Å²) < 4.78 is 0. The summed E-state index contributed by atoms with van der Waals surface area (Å²) >= 11 is 0. The fraction of sp³-hybridized carbons (Fsp3) is 0.667. The van der Waals surface area contributed by atoms with Gasteiger partial charge >= 0.3 is 0 Å². The summed E-state index contributed by atoms with van der Waals surface area (Å²) in [5, 5.41) is 9.01. The third kappa shape index (κ3) is 4.89. The van der Waals surface area contributed by atoms with Crippen molar-refractivity contribution in [2.24, 2.45) is 0 Å². The molecule has 0 amide bonds. The van der Waals surface area contributed by atoms with Gasteiger partial charge in [0.1, 0.15) is 0 Å². The van der Waals surface area contributed by atoms with Crippen LogP contribution in [0.15, 0.2) is 18.2 Å². The molecule has 4 heteroatoms. The van der Waals surface area contributed by atoms with Gasteiger partial charge in [-0.1, -0.05) is 13.0 Å². The number of aliphatic hydroxyl groups excluding tert-OH is 1. The highest BCUT2D eigenvalue weighted by molar-refractivity contribution is 5.68. The Morgan fingerprint density at radius 1 is 1.18 bits per heavy atom. The minimum Gasteiger partial charge on any atom is -0.397 e. The number of likely N-dealkylation sites (N-methyl/N-ethyl adjacent to an activating group) is 1. The van der Waals surface area contributed by atoms with Gasteiger partial charge in [-0.05, 0) is 62.9 Å². The molecule has 1 heterocycles. The average molecular weight is 305 g/mol. The Morgan fingerprint density at radius 3 is 2.59 bits per heavy atom. The van der Waals surface area contributed by atoms with E-state index in [4.69, 9.17) is 10.8 Å². The van der Waals surface area contributed by atoms with Crippen molar-refractivity contribution in [1.29, 1.82) is 0 Å². The maximum atomic E-state index is 9.01. The van der Waals surface area contributed by atoms with E-state index in [9.17, 15) is 0 Å². The van der Waals surface area contributed by atoms with Crippen molar-refractivity contribution in [3.63, 3.8) is 0 Å². The predicted octanol–water partition coefficient (Wildman–Crippen LogP) is 2.51. The molecule has 3 N–H and O–H groups in total. The Labute approximate surface area is 134 Å². The molecule has 1 aliphatic heterocycles. The topological polar surface area (TPSA) is 52.7 Å². The molecule has 0 bridgehead atoms. The molecule has 22 heavy (non-hydrogen) atoms. The Hall–Kier alpha value is -1.26. The van der Waals surface area contributed by atoms with Crippen molar-refractivity contribution in [2.45, 2.75) is 39.0 Å². The number of nitrogens with zero attached hydrogens (tertiary/aromatic N) is 2. The van der Waals surface area contributed by atoms with E-state index < -0.39 is 0 Å². The molecule has 0 saturated carbocycles. The van der Waals surface area contributed by atoms with Gasteiger partial charge in [-0.25, -0.2) is 0 Å². The highest BCUT2D eigenvalue weighted by Gasteiger charge is 2.13. The number of aliphatic hydroxyl groups is 1. The van der Waals surface area contributed by atoms with Crippen LogP contribution in [0.25, 0.3) is 0 Å². The van der Waals surface area contributed by atoms with Gasteiger partial charge in [-0.15, -0.1) is 0 Å². The number of nitrogens with two attached hydrogens (primary N) is 1. The van der Waals surface area contributed by atoms with E-state index in [-0.39, 0.29) is 6.61 Å². The van der Waals surface area contributed by atoms with Crippen LogP contribution in [0.4, 0.5) is 11.4 Å². The zero-order chi connectivity index (χ0) is 15.8. The third-order valence-electron chi connectivity index (χ3n) is 4.59. The number of rotatable bonds is 8. The first kappa shape index (κ1) is 17.1. The van der Waals surface area contributed by atoms with Gasteiger partial charge in [0.2, 0.25) is 0 Å². The molecule has 1 aromatic carbocycles. The molecule has 1 aliphatic rings. The fourth-order valence-corrected chi connectivity index (χ4v) is 3.26. The molecule has 0 atom stereocenters. The predicted molar refractivity (Wildman–Crippen MR) is 94.4 cm³/mol. The van der Waals surface area contributed by atoms with Gasteiger partial charge in [0.25, 0.3) is 0 Å². The molecular weight excluding hydrogens is 274 g/mol. The van der Waals surface area contributed by atoms with Crippen molar-refractivity contribution in [1.82, 2.24) is 4.90 Å². The molecule has 0 aromatic heterocycles. The second-order valence-corrected chi connectivity index (χ2v) is 6.20. The van der Waals surface area contributed by atoms with Crippen LogP contribution in [0.3, 0.4) is 0 Å². The van der Waals surface area contributed by atoms with Gasteiger partial charge in [-0.3, -0.25) is 0 Å². The molecule has 0 aliphatic carbocycles. The standard InChI is InChI=1S/C18H31N3O/c1-2-20(13-14-22)10-6-7-16-8-9-18(17(19)15-16)21-11-4-3-5-12-21/h8-9,15,22H,2-7,10-14,19H2,1H3. The quantitative estimate of drug-likeness (QED) is 0.725. The second kappa shape index (κ2) is 9.01. The van der Waals surface area contributed by atoms with Gasteiger partial charge < -0.3 is 20.6 Å². The number of piperidine rings is 1. The molecule has 2 rings (SSSR count). The van der Waals surface area contributed by atoms with Gasteiger partial charge in [0, 0.05) is 19.6 Å². The van der Waals surface area contributed by atoms with Gasteiger partial charge in [0.15, 0.2) is 0 Å². The summed E-state index contributed by atoms with van der Waals surface area (Å²) in [5.74, 6) is 0. The van der Waals surface area contributed by atoms with Crippen molar-refractivity contribution in [3.8, 4) is 0 Å². The van der Waals surface area contributed by atoms with E-state index in [1.165, 1.54) is 30.5 Å². The van der Waals surface area contributed by atoms with Crippen LogP contribution in [-0.4, -0.2) is 49.3 Å². The molecule has 1 saturated heterocycles. The first-order valence-corrected chi connectivity index (χ1v) is 8.71. The van der Waals surface area contributed by atoms with Crippen LogP contribution in [0.2, 0.25) is 0 Å². The maximum Gasteiger partial charge on any atom is 0.0600 e. The Kier molecular flexibility index (Phi) is 7.00. The molecular formula is C18H31N3O. The number of benzene rings is 1. The number of anilines is 2. The third-order valence-corrected chi connectivity index (χ3v) is 4.59. The van der Waals surface area contributed by atoms with Crippen LogP contribution in [-0.2, 0) is 6.42 Å².